The Morgan fingerprint density at radius 1 is 0.393 bits per heavy atom. The number of phenolic OH excluding ortho intramolecular Hbond substituents is 3. The van der Waals surface area contributed by atoms with E-state index in [1.54, 1.807) is 36.4 Å². The fourth-order valence-corrected chi connectivity index (χ4v) is 2.18. The number of hydrogen-bond donors (Lipinski definition) is 3. The van der Waals surface area contributed by atoms with Crippen molar-refractivity contribution in [2.75, 3.05) is 0 Å². The number of benzene rings is 3. The molecule has 3 aromatic rings. The molecule has 3 aromatic carbocycles. The summed E-state index contributed by atoms with van der Waals surface area (Å²) in [4.78, 5) is 0. The van der Waals surface area contributed by atoms with Crippen LogP contribution in [0.4, 0.5) is 0 Å². The molecule has 0 saturated carbocycles. The van der Waals surface area contributed by atoms with Gasteiger partial charge in [-0.2, -0.15) is 9.90 Å². The summed E-state index contributed by atoms with van der Waals surface area (Å²) in [5.41, 5.74) is 7.05. The van der Waals surface area contributed by atoms with Gasteiger partial charge in [0.05, 0.1) is 0 Å². The lowest BCUT2D eigenvalue weighted by Crippen LogP contribution is -1.76. The van der Waals surface area contributed by atoms with E-state index in [1.165, 1.54) is 16.7 Å². The monoisotopic (exact) mass is 400 g/mol. The maximum Gasteiger partial charge on any atom is 0.115 e. The molecule has 152 valence electrons. The first kappa shape index (κ1) is 25.5. The minimum Gasteiger partial charge on any atom is -0.508 e. The topological polar surface area (TPSA) is 60.7 Å². The smallest absolute Gasteiger partial charge is 0.115 e. The van der Waals surface area contributed by atoms with Crippen molar-refractivity contribution in [1.82, 2.24) is 0 Å². The summed E-state index contributed by atoms with van der Waals surface area (Å²) in [5.74, 6) is 1.04. The zero-order valence-electron chi connectivity index (χ0n) is 17.7. The highest BCUT2D eigenvalue weighted by Crippen LogP contribution is 2.15. The molecule has 0 amide bonds. The minimum absolute atomic E-state index is 0. The lowest BCUT2D eigenvalue weighted by molar-refractivity contribution is 0.474. The van der Waals surface area contributed by atoms with Crippen LogP contribution in [-0.2, 0) is 0 Å². The molecular formula is C24H33O3P. The average molecular weight is 400 g/mol. The lowest BCUT2D eigenvalue weighted by atomic mass is 10.1. The van der Waals surface area contributed by atoms with Crippen LogP contribution in [0.5, 0.6) is 17.2 Å². The number of hydrogen-bond acceptors (Lipinski definition) is 3. The van der Waals surface area contributed by atoms with Gasteiger partial charge in [-0.3, -0.25) is 0 Å². The first-order valence-corrected chi connectivity index (χ1v) is 8.88. The molecule has 0 bridgehead atoms. The zero-order chi connectivity index (χ0) is 20.6. The standard InChI is InChI=1S/3C8H10O.H3P/c3*1-6-3-4-8(9)5-7(6)2;/h3*3-5,9H,1-2H3;1H3. The molecular weight excluding hydrogens is 367 g/mol. The van der Waals surface area contributed by atoms with Crippen LogP contribution in [0.2, 0.25) is 0 Å². The fourth-order valence-electron chi connectivity index (χ4n) is 2.18. The van der Waals surface area contributed by atoms with E-state index in [2.05, 4.69) is 0 Å². The molecule has 0 heterocycles. The predicted molar refractivity (Wildman–Crippen MR) is 124 cm³/mol. The largest absolute Gasteiger partial charge is 0.508 e. The highest BCUT2D eigenvalue weighted by atomic mass is 31.0. The predicted octanol–water partition coefficient (Wildman–Crippen LogP) is 6.09. The highest BCUT2D eigenvalue weighted by Gasteiger charge is 1.92. The van der Waals surface area contributed by atoms with Crippen LogP contribution in [0, 0.1) is 41.5 Å². The van der Waals surface area contributed by atoms with E-state index in [-0.39, 0.29) is 9.90 Å². The van der Waals surface area contributed by atoms with Gasteiger partial charge in [-0.15, -0.1) is 0 Å². The Hall–Kier alpha value is -2.51. The van der Waals surface area contributed by atoms with E-state index in [4.69, 9.17) is 15.3 Å². The van der Waals surface area contributed by atoms with Crippen molar-refractivity contribution in [1.29, 1.82) is 0 Å². The molecule has 0 saturated heterocycles. The van der Waals surface area contributed by atoms with Crippen LogP contribution in [0.25, 0.3) is 0 Å². The molecule has 3 nitrogen and oxygen atoms in total. The highest BCUT2D eigenvalue weighted by molar-refractivity contribution is 6.92. The van der Waals surface area contributed by atoms with E-state index in [0.29, 0.717) is 17.2 Å². The molecule has 0 aliphatic carbocycles. The van der Waals surface area contributed by atoms with Gasteiger partial charge in [0, 0.05) is 0 Å². The Morgan fingerprint density at radius 2 is 0.607 bits per heavy atom. The molecule has 0 aliphatic rings. The minimum atomic E-state index is 0. The van der Waals surface area contributed by atoms with Gasteiger partial charge >= 0.3 is 0 Å². The third-order valence-corrected chi connectivity index (χ3v) is 4.47. The number of aromatic hydroxyl groups is 3. The summed E-state index contributed by atoms with van der Waals surface area (Å²) in [6, 6.07) is 16.1. The first-order valence-electron chi connectivity index (χ1n) is 8.88. The van der Waals surface area contributed by atoms with Crippen molar-refractivity contribution in [3.63, 3.8) is 0 Å². The number of rotatable bonds is 0. The molecule has 0 aliphatic heterocycles. The third kappa shape index (κ3) is 8.92. The molecule has 0 aromatic heterocycles. The molecule has 3 N–H and O–H groups in total. The van der Waals surface area contributed by atoms with Gasteiger partial charge in [0.25, 0.3) is 0 Å². The third-order valence-electron chi connectivity index (χ3n) is 4.47. The Morgan fingerprint density at radius 3 is 0.750 bits per heavy atom. The molecule has 3 rings (SSSR count). The van der Waals surface area contributed by atoms with Crippen molar-refractivity contribution in [2.24, 2.45) is 0 Å². The number of aryl methyl sites for hydroxylation is 6. The summed E-state index contributed by atoms with van der Waals surface area (Å²) in [6.07, 6.45) is 0. The Kier molecular flexibility index (Phi) is 11.0. The van der Waals surface area contributed by atoms with E-state index < -0.39 is 0 Å². The maximum atomic E-state index is 8.94. The second kappa shape index (κ2) is 12.0. The van der Waals surface area contributed by atoms with Crippen molar-refractivity contribution < 1.29 is 15.3 Å². The summed E-state index contributed by atoms with van der Waals surface area (Å²) in [7, 11) is 0. The normalized spacial score (nSPS) is 9.21. The quantitative estimate of drug-likeness (QED) is 0.401. The van der Waals surface area contributed by atoms with Crippen LogP contribution < -0.4 is 0 Å². The zero-order valence-corrected chi connectivity index (χ0v) is 19.2. The SMILES string of the molecule is Cc1ccc(O)cc1C.Cc1ccc(O)cc1C.Cc1ccc(O)cc1C.P. The van der Waals surface area contributed by atoms with Crippen molar-refractivity contribution >= 4 is 9.90 Å². The lowest BCUT2D eigenvalue weighted by Gasteiger charge is -1.97. The van der Waals surface area contributed by atoms with Crippen LogP contribution in [-0.4, -0.2) is 15.3 Å². The summed E-state index contributed by atoms with van der Waals surface area (Å²) in [6.45, 7) is 12.0. The van der Waals surface area contributed by atoms with E-state index in [0.717, 1.165) is 16.7 Å². The summed E-state index contributed by atoms with van der Waals surface area (Å²) >= 11 is 0. The maximum absolute atomic E-state index is 8.94. The van der Waals surface area contributed by atoms with Crippen LogP contribution in [0.3, 0.4) is 0 Å². The van der Waals surface area contributed by atoms with Gasteiger partial charge < -0.3 is 15.3 Å². The van der Waals surface area contributed by atoms with Crippen molar-refractivity contribution in [2.45, 2.75) is 41.5 Å². The van der Waals surface area contributed by atoms with Gasteiger partial charge in [-0.05, 0) is 111 Å². The van der Waals surface area contributed by atoms with Crippen LogP contribution in [0.1, 0.15) is 33.4 Å². The average Bonchev–Trinajstić information content (AvgIpc) is 2.60. The first-order chi connectivity index (χ1) is 12.6. The Bertz CT molecular complexity index is 771. The molecule has 0 radical (unpaired) electrons. The van der Waals surface area contributed by atoms with Crippen molar-refractivity contribution in [3.8, 4) is 17.2 Å². The second-order valence-corrected chi connectivity index (χ2v) is 6.81. The molecule has 1 atom stereocenters. The van der Waals surface area contributed by atoms with Gasteiger partial charge in [-0.25, -0.2) is 0 Å². The number of phenols is 3. The van der Waals surface area contributed by atoms with Crippen molar-refractivity contribution in [3.05, 3.63) is 88.0 Å². The van der Waals surface area contributed by atoms with E-state index in [1.807, 2.05) is 59.7 Å². The van der Waals surface area contributed by atoms with Gasteiger partial charge in [0.15, 0.2) is 0 Å². The van der Waals surface area contributed by atoms with Gasteiger partial charge in [0.1, 0.15) is 17.2 Å². The molecule has 28 heavy (non-hydrogen) atoms. The van der Waals surface area contributed by atoms with Gasteiger partial charge in [-0.1, -0.05) is 18.2 Å². The fraction of sp³-hybridized carbons (Fsp3) is 0.250. The van der Waals surface area contributed by atoms with Gasteiger partial charge in [0.2, 0.25) is 0 Å². The Labute approximate surface area is 172 Å². The Balaban J connectivity index is 0.000000384. The van der Waals surface area contributed by atoms with Crippen LogP contribution in [0.15, 0.2) is 54.6 Å². The molecule has 0 fully saturated rings. The summed E-state index contributed by atoms with van der Waals surface area (Å²) in [5, 5.41) is 26.8. The molecule has 4 heteroatoms. The molecule has 0 spiro atoms. The van der Waals surface area contributed by atoms with E-state index in [9.17, 15) is 0 Å². The van der Waals surface area contributed by atoms with Crippen LogP contribution >= 0.6 is 9.90 Å². The second-order valence-electron chi connectivity index (χ2n) is 6.81. The molecule has 1 unspecified atom stereocenters. The van der Waals surface area contributed by atoms with E-state index >= 15 is 0 Å². The summed E-state index contributed by atoms with van der Waals surface area (Å²) < 4.78 is 0.